The van der Waals surface area contributed by atoms with Gasteiger partial charge in [0.2, 0.25) is 15.9 Å². The summed E-state index contributed by atoms with van der Waals surface area (Å²) in [5.41, 5.74) is 7.53. The zero-order chi connectivity index (χ0) is 18.7. The standard InChI is InChI=1S/C19H19BrN2O3S/c20-18-6-2-1-5-16(18)17(13-19(21)23)14-7-9-15(10-8-14)26(24,25)22-11-3-4-12-22/h1-2,5-10,13H,3-4,11-12H2,(H2,21,23). The van der Waals surface area contributed by atoms with E-state index < -0.39 is 15.9 Å². The van der Waals surface area contributed by atoms with Crippen molar-refractivity contribution >= 4 is 37.4 Å². The number of sulfonamides is 1. The molecule has 1 aliphatic rings. The van der Waals surface area contributed by atoms with Gasteiger partial charge in [0, 0.05) is 23.6 Å². The Hall–Kier alpha value is -1.96. The van der Waals surface area contributed by atoms with Crippen molar-refractivity contribution in [3.05, 3.63) is 70.2 Å². The third-order valence-corrected chi connectivity index (χ3v) is 6.92. The summed E-state index contributed by atoms with van der Waals surface area (Å²) >= 11 is 3.48. The fourth-order valence-corrected chi connectivity index (χ4v) is 5.04. The van der Waals surface area contributed by atoms with E-state index in [1.54, 1.807) is 24.3 Å². The SMILES string of the molecule is NC(=O)C=C(c1ccc(S(=O)(=O)N2CCCC2)cc1)c1ccccc1Br. The zero-order valence-electron chi connectivity index (χ0n) is 14.1. The van der Waals surface area contributed by atoms with Gasteiger partial charge in [0.05, 0.1) is 4.90 Å². The van der Waals surface area contributed by atoms with Crippen molar-refractivity contribution in [2.75, 3.05) is 13.1 Å². The lowest BCUT2D eigenvalue weighted by Crippen LogP contribution is -2.27. The smallest absolute Gasteiger partial charge is 0.243 e. The lowest BCUT2D eigenvalue weighted by molar-refractivity contribution is -0.113. The lowest BCUT2D eigenvalue weighted by atomic mass is 9.97. The molecule has 1 saturated heterocycles. The maximum atomic E-state index is 12.6. The predicted molar refractivity (Wildman–Crippen MR) is 105 cm³/mol. The molecule has 1 aliphatic heterocycles. The van der Waals surface area contributed by atoms with Crippen molar-refractivity contribution in [1.29, 1.82) is 0 Å². The van der Waals surface area contributed by atoms with Crippen LogP contribution in [0.25, 0.3) is 5.57 Å². The summed E-state index contributed by atoms with van der Waals surface area (Å²) in [4.78, 5) is 11.8. The number of nitrogens with two attached hydrogens (primary N) is 1. The van der Waals surface area contributed by atoms with Gasteiger partial charge < -0.3 is 5.73 Å². The minimum absolute atomic E-state index is 0.258. The Kier molecular flexibility index (Phi) is 5.60. The van der Waals surface area contributed by atoms with Crippen LogP contribution in [-0.2, 0) is 14.8 Å². The first-order valence-electron chi connectivity index (χ1n) is 8.26. The van der Waals surface area contributed by atoms with E-state index in [1.165, 1.54) is 10.4 Å². The van der Waals surface area contributed by atoms with Gasteiger partial charge in [-0.3, -0.25) is 4.79 Å². The molecule has 0 saturated carbocycles. The molecule has 1 amide bonds. The number of carbonyl (C=O) groups excluding carboxylic acids is 1. The molecule has 0 radical (unpaired) electrons. The molecule has 0 bridgehead atoms. The largest absolute Gasteiger partial charge is 0.366 e. The third kappa shape index (κ3) is 3.90. The second-order valence-electron chi connectivity index (χ2n) is 6.08. The summed E-state index contributed by atoms with van der Waals surface area (Å²) in [5, 5.41) is 0. The highest BCUT2D eigenvalue weighted by Gasteiger charge is 2.27. The van der Waals surface area contributed by atoms with Crippen LogP contribution in [0.4, 0.5) is 0 Å². The molecule has 1 heterocycles. The van der Waals surface area contributed by atoms with Gasteiger partial charge in [-0.2, -0.15) is 4.31 Å². The van der Waals surface area contributed by atoms with Crippen LogP contribution in [0.15, 0.2) is 64.0 Å². The molecule has 0 aromatic heterocycles. The highest BCUT2D eigenvalue weighted by molar-refractivity contribution is 9.10. The van der Waals surface area contributed by atoms with Gasteiger partial charge in [-0.25, -0.2) is 8.42 Å². The van der Waals surface area contributed by atoms with Crippen LogP contribution in [0.2, 0.25) is 0 Å². The monoisotopic (exact) mass is 434 g/mol. The Labute approximate surface area is 161 Å². The van der Waals surface area contributed by atoms with Crippen LogP contribution in [0.3, 0.4) is 0 Å². The molecule has 3 rings (SSSR count). The van der Waals surface area contributed by atoms with Crippen LogP contribution < -0.4 is 5.73 Å². The van der Waals surface area contributed by atoms with Crippen molar-refractivity contribution < 1.29 is 13.2 Å². The number of nitrogens with zero attached hydrogens (tertiary/aromatic N) is 1. The van der Waals surface area contributed by atoms with E-state index in [4.69, 9.17) is 5.73 Å². The van der Waals surface area contributed by atoms with Gasteiger partial charge in [0.25, 0.3) is 0 Å². The molecule has 0 aliphatic carbocycles. The van der Waals surface area contributed by atoms with Gasteiger partial charge in [-0.1, -0.05) is 46.3 Å². The molecule has 2 N–H and O–H groups in total. The second kappa shape index (κ2) is 7.73. The predicted octanol–water partition coefficient (Wildman–Crippen LogP) is 3.15. The first-order chi connectivity index (χ1) is 12.4. The first kappa shape index (κ1) is 18.8. The minimum atomic E-state index is -3.46. The fraction of sp³-hybridized carbons (Fsp3) is 0.211. The van der Waals surface area contributed by atoms with E-state index in [0.29, 0.717) is 18.7 Å². The van der Waals surface area contributed by atoms with Gasteiger partial charge >= 0.3 is 0 Å². The zero-order valence-corrected chi connectivity index (χ0v) is 16.5. The topological polar surface area (TPSA) is 80.5 Å². The number of carbonyl (C=O) groups is 1. The number of rotatable bonds is 5. The van der Waals surface area contributed by atoms with Crippen LogP contribution in [0.5, 0.6) is 0 Å². The summed E-state index contributed by atoms with van der Waals surface area (Å²) in [6.07, 6.45) is 3.14. The van der Waals surface area contributed by atoms with E-state index in [-0.39, 0.29) is 4.90 Å². The van der Waals surface area contributed by atoms with Crippen molar-refractivity contribution in [3.63, 3.8) is 0 Å². The van der Waals surface area contributed by atoms with E-state index in [0.717, 1.165) is 28.4 Å². The Morgan fingerprint density at radius 1 is 1.04 bits per heavy atom. The molecule has 0 spiro atoms. The van der Waals surface area contributed by atoms with Gasteiger partial charge in [-0.05, 0) is 47.7 Å². The highest BCUT2D eigenvalue weighted by atomic mass is 79.9. The van der Waals surface area contributed by atoms with Crippen LogP contribution in [0.1, 0.15) is 24.0 Å². The molecule has 26 heavy (non-hydrogen) atoms. The summed E-state index contributed by atoms with van der Waals surface area (Å²) in [6, 6.07) is 14.0. The average Bonchev–Trinajstić information content (AvgIpc) is 3.16. The number of benzene rings is 2. The maximum absolute atomic E-state index is 12.6. The molecule has 136 valence electrons. The molecule has 2 aromatic rings. The van der Waals surface area contributed by atoms with Crippen LogP contribution in [0, 0.1) is 0 Å². The molecular formula is C19H19BrN2O3S. The normalized spacial score (nSPS) is 16.0. The summed E-state index contributed by atoms with van der Waals surface area (Å²) in [7, 11) is -3.46. The molecular weight excluding hydrogens is 416 g/mol. The maximum Gasteiger partial charge on any atom is 0.243 e. The Balaban J connectivity index is 2.00. The minimum Gasteiger partial charge on any atom is -0.366 e. The number of amides is 1. The molecule has 0 atom stereocenters. The number of hydrogen-bond acceptors (Lipinski definition) is 3. The van der Waals surface area contributed by atoms with Gasteiger partial charge in [-0.15, -0.1) is 0 Å². The number of halogens is 1. The van der Waals surface area contributed by atoms with Crippen LogP contribution in [-0.4, -0.2) is 31.7 Å². The average molecular weight is 435 g/mol. The summed E-state index contributed by atoms with van der Waals surface area (Å²) in [5.74, 6) is -0.565. The lowest BCUT2D eigenvalue weighted by Gasteiger charge is -2.16. The molecule has 0 unspecified atom stereocenters. The van der Waals surface area contributed by atoms with Crippen molar-refractivity contribution in [1.82, 2.24) is 4.31 Å². The van der Waals surface area contributed by atoms with E-state index in [2.05, 4.69) is 15.9 Å². The highest BCUT2D eigenvalue weighted by Crippen LogP contribution is 2.30. The molecule has 2 aromatic carbocycles. The van der Waals surface area contributed by atoms with Crippen molar-refractivity contribution in [3.8, 4) is 0 Å². The van der Waals surface area contributed by atoms with Gasteiger partial charge in [0.1, 0.15) is 0 Å². The summed E-state index contributed by atoms with van der Waals surface area (Å²) < 4.78 is 27.6. The molecule has 7 heteroatoms. The number of hydrogen-bond donors (Lipinski definition) is 1. The van der Waals surface area contributed by atoms with E-state index in [9.17, 15) is 13.2 Å². The molecule has 1 fully saturated rings. The Morgan fingerprint density at radius 3 is 2.23 bits per heavy atom. The third-order valence-electron chi connectivity index (χ3n) is 4.32. The van der Waals surface area contributed by atoms with Crippen LogP contribution >= 0.6 is 15.9 Å². The van der Waals surface area contributed by atoms with E-state index in [1.807, 2.05) is 24.3 Å². The number of primary amides is 1. The fourth-order valence-electron chi connectivity index (χ4n) is 3.02. The van der Waals surface area contributed by atoms with E-state index >= 15 is 0 Å². The molecule has 5 nitrogen and oxygen atoms in total. The van der Waals surface area contributed by atoms with Crippen molar-refractivity contribution in [2.45, 2.75) is 17.7 Å². The second-order valence-corrected chi connectivity index (χ2v) is 8.87. The van der Waals surface area contributed by atoms with Crippen molar-refractivity contribution in [2.24, 2.45) is 5.73 Å². The Bertz CT molecular complexity index is 947. The quantitative estimate of drug-likeness (QED) is 0.733. The van der Waals surface area contributed by atoms with Gasteiger partial charge in [0.15, 0.2) is 0 Å². The first-order valence-corrected chi connectivity index (χ1v) is 10.5. The Morgan fingerprint density at radius 2 is 1.65 bits per heavy atom. The summed E-state index contributed by atoms with van der Waals surface area (Å²) in [6.45, 7) is 1.13.